The Morgan fingerprint density at radius 3 is 2.14 bits per heavy atom. The molecule has 116 valence electrons. The molecule has 3 nitrogen and oxygen atoms in total. The highest BCUT2D eigenvalue weighted by Gasteiger charge is 2.22. The van der Waals surface area contributed by atoms with Gasteiger partial charge in [0.25, 0.3) is 0 Å². The normalized spacial score (nSPS) is 10.8. The first-order chi connectivity index (χ1) is 10.2. The van der Waals surface area contributed by atoms with E-state index in [1.165, 1.54) is 0 Å². The van der Waals surface area contributed by atoms with Gasteiger partial charge in [-0.25, -0.2) is 22.0 Å². The van der Waals surface area contributed by atoms with Gasteiger partial charge in [-0.1, -0.05) is 0 Å². The monoisotopic (exact) mass is 317 g/mol. The van der Waals surface area contributed by atoms with Crippen molar-refractivity contribution < 1.29 is 31.9 Å². The van der Waals surface area contributed by atoms with Gasteiger partial charge >= 0.3 is 0 Å². The summed E-state index contributed by atoms with van der Waals surface area (Å²) in [5, 5.41) is 9.48. The van der Waals surface area contributed by atoms with E-state index in [1.807, 2.05) is 0 Å². The summed E-state index contributed by atoms with van der Waals surface area (Å²) < 4.78 is 66.9. The van der Waals surface area contributed by atoms with E-state index in [9.17, 15) is 31.9 Å². The predicted octanol–water partition coefficient (Wildman–Crippen LogP) is 2.78. The van der Waals surface area contributed by atoms with Crippen molar-refractivity contribution in [3.8, 4) is 16.9 Å². The van der Waals surface area contributed by atoms with Gasteiger partial charge in [-0.3, -0.25) is 4.79 Å². The van der Waals surface area contributed by atoms with Crippen molar-refractivity contribution in [2.24, 2.45) is 5.73 Å². The standard InChI is InChI=1S/C14H8F5NO2/c15-8-4-10(21)5(2-11(20)22)1-6(8)7-3-9(16)13(18)14(19)12(7)17/h1,3-4,21H,2H2,(H2,20,22). The summed E-state index contributed by atoms with van der Waals surface area (Å²) in [6.45, 7) is 0. The van der Waals surface area contributed by atoms with Gasteiger partial charge in [-0.05, 0) is 12.1 Å². The Hall–Kier alpha value is -2.64. The number of carbonyl (C=O) groups excluding carboxylic acids is 1. The summed E-state index contributed by atoms with van der Waals surface area (Å²) >= 11 is 0. The lowest BCUT2D eigenvalue weighted by Gasteiger charge is -2.10. The van der Waals surface area contributed by atoms with Crippen LogP contribution in [0.5, 0.6) is 5.75 Å². The minimum Gasteiger partial charge on any atom is -0.508 e. The molecule has 3 N–H and O–H groups in total. The van der Waals surface area contributed by atoms with Gasteiger partial charge in [0, 0.05) is 22.8 Å². The number of rotatable bonds is 3. The Kier molecular flexibility index (Phi) is 4.03. The lowest BCUT2D eigenvalue weighted by Crippen LogP contribution is -2.14. The summed E-state index contributed by atoms with van der Waals surface area (Å²) in [6, 6.07) is 1.62. The lowest BCUT2D eigenvalue weighted by molar-refractivity contribution is -0.117. The third-order valence-electron chi connectivity index (χ3n) is 2.93. The Morgan fingerprint density at radius 1 is 0.909 bits per heavy atom. The number of amides is 1. The number of hydrogen-bond acceptors (Lipinski definition) is 2. The second-order valence-corrected chi connectivity index (χ2v) is 4.45. The smallest absolute Gasteiger partial charge is 0.221 e. The molecule has 2 aromatic carbocycles. The topological polar surface area (TPSA) is 63.3 Å². The highest BCUT2D eigenvalue weighted by molar-refractivity contribution is 5.78. The largest absolute Gasteiger partial charge is 0.508 e. The summed E-state index contributed by atoms with van der Waals surface area (Å²) in [5.41, 5.74) is 3.22. The zero-order valence-electron chi connectivity index (χ0n) is 10.8. The SMILES string of the molecule is NC(=O)Cc1cc(-c2cc(F)c(F)c(F)c2F)c(F)cc1O. The van der Waals surface area contributed by atoms with Gasteiger partial charge < -0.3 is 10.8 Å². The first-order valence-electron chi connectivity index (χ1n) is 5.85. The molecule has 1 amide bonds. The minimum atomic E-state index is -2.10. The first kappa shape index (κ1) is 15.7. The van der Waals surface area contributed by atoms with Crippen molar-refractivity contribution in [1.29, 1.82) is 0 Å². The third-order valence-corrected chi connectivity index (χ3v) is 2.93. The molecule has 0 bridgehead atoms. The van der Waals surface area contributed by atoms with Crippen molar-refractivity contribution in [2.45, 2.75) is 6.42 Å². The molecule has 0 radical (unpaired) electrons. The predicted molar refractivity (Wildman–Crippen MR) is 66.2 cm³/mol. The fourth-order valence-electron chi connectivity index (χ4n) is 1.91. The van der Waals surface area contributed by atoms with Crippen molar-refractivity contribution in [1.82, 2.24) is 0 Å². The van der Waals surface area contributed by atoms with Crippen LogP contribution < -0.4 is 5.73 Å². The number of aromatic hydroxyl groups is 1. The number of benzene rings is 2. The molecular formula is C14H8F5NO2. The molecular weight excluding hydrogens is 309 g/mol. The number of halogens is 5. The molecule has 2 rings (SSSR count). The average Bonchev–Trinajstić information content (AvgIpc) is 2.43. The third kappa shape index (κ3) is 2.72. The van der Waals surface area contributed by atoms with Crippen LogP contribution >= 0.6 is 0 Å². The highest BCUT2D eigenvalue weighted by atomic mass is 19.2. The molecule has 0 heterocycles. The van der Waals surface area contributed by atoms with Crippen LogP contribution in [0.1, 0.15) is 5.56 Å². The quantitative estimate of drug-likeness (QED) is 0.519. The Bertz CT molecular complexity index is 777. The van der Waals surface area contributed by atoms with Gasteiger partial charge in [-0.2, -0.15) is 0 Å². The van der Waals surface area contributed by atoms with Crippen LogP contribution in [0, 0.1) is 29.1 Å². The summed E-state index contributed by atoms with van der Waals surface area (Å²) in [4.78, 5) is 10.8. The maximum absolute atomic E-state index is 13.8. The number of phenols is 1. The molecule has 0 unspecified atom stereocenters. The van der Waals surface area contributed by atoms with E-state index in [0.717, 1.165) is 6.07 Å². The average molecular weight is 317 g/mol. The van der Waals surface area contributed by atoms with Crippen LogP contribution in [0.2, 0.25) is 0 Å². The van der Waals surface area contributed by atoms with Crippen LogP contribution in [-0.2, 0) is 11.2 Å². The summed E-state index contributed by atoms with van der Waals surface area (Å²) in [7, 11) is 0. The molecule has 0 saturated heterocycles. The molecule has 0 aromatic heterocycles. The van der Waals surface area contributed by atoms with Gasteiger partial charge in [0.1, 0.15) is 11.6 Å². The fraction of sp³-hybridized carbons (Fsp3) is 0.0714. The van der Waals surface area contributed by atoms with Crippen LogP contribution in [0.25, 0.3) is 11.1 Å². The Balaban J connectivity index is 2.70. The van der Waals surface area contributed by atoms with E-state index in [4.69, 9.17) is 5.73 Å². The van der Waals surface area contributed by atoms with E-state index in [0.29, 0.717) is 6.07 Å². The highest BCUT2D eigenvalue weighted by Crippen LogP contribution is 2.33. The zero-order chi connectivity index (χ0) is 16.6. The van der Waals surface area contributed by atoms with E-state index < -0.39 is 58.3 Å². The van der Waals surface area contributed by atoms with Gasteiger partial charge in [0.05, 0.1) is 6.42 Å². The number of nitrogens with two attached hydrogens (primary N) is 1. The van der Waals surface area contributed by atoms with Crippen LogP contribution in [-0.4, -0.2) is 11.0 Å². The number of phenolic OH excluding ortho intramolecular Hbond substituents is 1. The molecule has 22 heavy (non-hydrogen) atoms. The lowest BCUT2D eigenvalue weighted by atomic mass is 9.99. The van der Waals surface area contributed by atoms with Crippen LogP contribution in [0.15, 0.2) is 18.2 Å². The Labute approximate surface area is 120 Å². The number of primary amides is 1. The second-order valence-electron chi connectivity index (χ2n) is 4.45. The molecule has 0 spiro atoms. The molecule has 0 fully saturated rings. The molecule has 0 aliphatic rings. The molecule has 0 aliphatic heterocycles. The van der Waals surface area contributed by atoms with E-state index in [-0.39, 0.29) is 11.6 Å². The van der Waals surface area contributed by atoms with E-state index in [1.54, 1.807) is 0 Å². The minimum absolute atomic E-state index is 0.173. The van der Waals surface area contributed by atoms with Gasteiger partial charge in [-0.15, -0.1) is 0 Å². The Morgan fingerprint density at radius 2 is 1.55 bits per heavy atom. The van der Waals surface area contributed by atoms with Crippen molar-refractivity contribution in [3.05, 3.63) is 52.8 Å². The van der Waals surface area contributed by atoms with Crippen molar-refractivity contribution >= 4 is 5.91 Å². The number of carbonyl (C=O) groups is 1. The summed E-state index contributed by atoms with van der Waals surface area (Å²) in [5.74, 6) is -10.4. The molecule has 8 heteroatoms. The zero-order valence-corrected chi connectivity index (χ0v) is 10.8. The van der Waals surface area contributed by atoms with Crippen molar-refractivity contribution in [3.63, 3.8) is 0 Å². The van der Waals surface area contributed by atoms with Gasteiger partial charge in [0.15, 0.2) is 23.3 Å². The molecule has 0 saturated carbocycles. The summed E-state index contributed by atoms with van der Waals surface area (Å²) in [6.07, 6.45) is -0.507. The van der Waals surface area contributed by atoms with Gasteiger partial charge in [0.2, 0.25) is 5.91 Å². The second kappa shape index (κ2) is 5.63. The molecule has 0 aliphatic carbocycles. The first-order valence-corrected chi connectivity index (χ1v) is 5.85. The van der Waals surface area contributed by atoms with E-state index in [2.05, 4.69) is 0 Å². The van der Waals surface area contributed by atoms with Crippen LogP contribution in [0.3, 0.4) is 0 Å². The van der Waals surface area contributed by atoms with E-state index >= 15 is 0 Å². The fourth-order valence-corrected chi connectivity index (χ4v) is 1.91. The maximum atomic E-state index is 13.8. The maximum Gasteiger partial charge on any atom is 0.221 e. The number of hydrogen-bond donors (Lipinski definition) is 2. The molecule has 2 aromatic rings. The van der Waals surface area contributed by atoms with Crippen molar-refractivity contribution in [2.75, 3.05) is 0 Å². The molecule has 0 atom stereocenters. The van der Waals surface area contributed by atoms with Crippen LogP contribution in [0.4, 0.5) is 22.0 Å².